The lowest BCUT2D eigenvalue weighted by Crippen LogP contribution is -2.28. The van der Waals surface area contributed by atoms with Crippen LogP contribution in [-0.2, 0) is 43.9 Å². The van der Waals surface area contributed by atoms with Crippen molar-refractivity contribution in [1.29, 1.82) is 0 Å². The highest BCUT2D eigenvalue weighted by atomic mass is 31.2. The van der Waals surface area contributed by atoms with E-state index in [1.807, 2.05) is 32.0 Å². The van der Waals surface area contributed by atoms with Crippen LogP contribution in [0.25, 0.3) is 0 Å². The molecule has 1 aromatic rings. The van der Waals surface area contributed by atoms with Crippen LogP contribution in [0.1, 0.15) is 64.7 Å². The molecule has 10 nitrogen and oxygen atoms in total. The van der Waals surface area contributed by atoms with Crippen LogP contribution in [0.4, 0.5) is 0 Å². The number of carbonyl (C=O) groups is 3. The number of hydrogen-bond acceptors (Lipinski definition) is 9. The molecule has 0 radical (unpaired) electrons. The monoisotopic (exact) mass is 529 g/mol. The third kappa shape index (κ3) is 10.4. The first-order valence-electron chi connectivity index (χ1n) is 11.7. The van der Waals surface area contributed by atoms with Crippen molar-refractivity contribution in [2.75, 3.05) is 20.1 Å². The number of hydroxylamine groups is 2. The molecule has 1 N–H and O–H groups in total. The van der Waals surface area contributed by atoms with E-state index in [0.29, 0.717) is 5.06 Å². The third-order valence-corrected chi connectivity index (χ3v) is 7.56. The second-order valence-corrected chi connectivity index (χ2v) is 13.1. The van der Waals surface area contributed by atoms with Crippen LogP contribution in [0.15, 0.2) is 18.2 Å². The molecule has 11 heteroatoms. The zero-order chi connectivity index (χ0) is 27.7. The van der Waals surface area contributed by atoms with Gasteiger partial charge in [-0.15, -0.1) is 0 Å². The van der Waals surface area contributed by atoms with E-state index < -0.39 is 49.6 Å². The molecule has 204 valence electrons. The first kappa shape index (κ1) is 31.8. The Morgan fingerprint density at radius 3 is 1.94 bits per heavy atom. The van der Waals surface area contributed by atoms with Crippen LogP contribution < -0.4 is 0 Å². The summed E-state index contributed by atoms with van der Waals surface area (Å²) in [4.78, 5) is 35.3. The molecular weight excluding hydrogens is 489 g/mol. The fraction of sp³-hybridized carbons (Fsp3) is 0.640. The fourth-order valence-corrected chi connectivity index (χ4v) is 4.72. The molecule has 0 aliphatic heterocycles. The summed E-state index contributed by atoms with van der Waals surface area (Å²) < 4.78 is 35.4. The van der Waals surface area contributed by atoms with Gasteiger partial charge in [0.25, 0.3) is 0 Å². The van der Waals surface area contributed by atoms with Crippen molar-refractivity contribution >= 4 is 25.9 Å². The molecule has 1 rings (SSSR count). The molecule has 0 aliphatic carbocycles. The van der Waals surface area contributed by atoms with Gasteiger partial charge in [0, 0.05) is 6.54 Å². The summed E-state index contributed by atoms with van der Waals surface area (Å²) in [6, 6.07) is 5.80. The summed E-state index contributed by atoms with van der Waals surface area (Å²) in [5.74, 6) is -1.14. The van der Waals surface area contributed by atoms with E-state index in [1.165, 1.54) is 0 Å². The largest absolute Gasteiger partial charge is 0.438 e. The molecule has 0 heterocycles. The summed E-state index contributed by atoms with van der Waals surface area (Å²) in [5, 5.41) is 10.1. The third-order valence-electron chi connectivity index (χ3n) is 5.29. The number of esters is 2. The average molecular weight is 530 g/mol. The van der Waals surface area contributed by atoms with E-state index in [-0.39, 0.29) is 25.8 Å². The predicted octanol–water partition coefficient (Wildman–Crippen LogP) is 4.77. The Balaban J connectivity index is 3.25. The summed E-state index contributed by atoms with van der Waals surface area (Å²) >= 11 is 0. The smallest absolute Gasteiger partial charge is 0.339 e. The molecule has 1 atom stereocenters. The Bertz CT molecular complexity index is 914. The molecule has 0 bridgehead atoms. The Labute approximate surface area is 213 Å². The Hall–Kier alpha value is -2.26. The number of benzene rings is 1. The number of rotatable bonds is 13. The van der Waals surface area contributed by atoms with Crippen molar-refractivity contribution in [3.63, 3.8) is 0 Å². The van der Waals surface area contributed by atoms with Gasteiger partial charge in [0.05, 0.1) is 16.5 Å². The van der Waals surface area contributed by atoms with Gasteiger partial charge < -0.3 is 9.47 Å². The summed E-state index contributed by atoms with van der Waals surface area (Å²) in [7, 11) is -4.12. The number of hydrogen-bond donors (Lipinski definition) is 1. The lowest BCUT2D eigenvalue weighted by atomic mass is 9.98. The van der Waals surface area contributed by atoms with Gasteiger partial charge in [-0.25, -0.2) is 5.06 Å². The van der Waals surface area contributed by atoms with E-state index in [1.54, 1.807) is 41.5 Å². The molecule has 0 aromatic heterocycles. The number of amides is 1. The minimum absolute atomic E-state index is 0.0281. The quantitative estimate of drug-likeness (QED) is 0.0959. The van der Waals surface area contributed by atoms with Gasteiger partial charge >= 0.3 is 19.5 Å². The van der Waals surface area contributed by atoms with Gasteiger partial charge in [-0.05, 0) is 79.4 Å². The first-order valence-corrected chi connectivity index (χ1v) is 13.3. The van der Waals surface area contributed by atoms with Crippen LogP contribution in [0.2, 0.25) is 0 Å². The molecule has 0 aliphatic rings. The molecule has 0 saturated heterocycles. The van der Waals surface area contributed by atoms with Gasteiger partial charge in [0.1, 0.15) is 0 Å². The number of carbonyl (C=O) groups excluding carboxylic acids is 3. The Kier molecular flexibility index (Phi) is 11.8. The Morgan fingerprint density at radius 1 is 1.00 bits per heavy atom. The van der Waals surface area contributed by atoms with Crippen molar-refractivity contribution in [3.05, 3.63) is 34.9 Å². The van der Waals surface area contributed by atoms with E-state index in [4.69, 9.17) is 18.5 Å². The van der Waals surface area contributed by atoms with Crippen molar-refractivity contribution < 1.29 is 42.7 Å². The van der Waals surface area contributed by atoms with Crippen LogP contribution in [0.3, 0.4) is 0 Å². The molecule has 1 aromatic carbocycles. The van der Waals surface area contributed by atoms with E-state index in [0.717, 1.165) is 16.7 Å². The zero-order valence-electron chi connectivity index (χ0n) is 22.5. The van der Waals surface area contributed by atoms with E-state index in [2.05, 4.69) is 0 Å². The average Bonchev–Trinajstić information content (AvgIpc) is 2.76. The van der Waals surface area contributed by atoms with Gasteiger partial charge in [-0.2, -0.15) is 0 Å². The maximum Gasteiger partial charge on any atom is 0.339 e. The highest BCUT2D eigenvalue weighted by Crippen LogP contribution is 2.55. The van der Waals surface area contributed by atoms with Crippen LogP contribution in [0.5, 0.6) is 0 Å². The second kappa shape index (κ2) is 13.3. The number of aryl methyl sites for hydroxylation is 2. The molecule has 1 amide bonds. The fourth-order valence-electron chi connectivity index (χ4n) is 2.97. The van der Waals surface area contributed by atoms with Gasteiger partial charge in [-0.3, -0.25) is 33.2 Å². The van der Waals surface area contributed by atoms with Gasteiger partial charge in [0.2, 0.25) is 20.0 Å². The van der Waals surface area contributed by atoms with Gasteiger partial charge in [-0.1, -0.05) is 23.8 Å². The van der Waals surface area contributed by atoms with Crippen molar-refractivity contribution in [2.24, 2.45) is 10.8 Å². The molecule has 0 fully saturated rings. The van der Waals surface area contributed by atoms with Crippen LogP contribution in [0, 0.1) is 24.7 Å². The lowest BCUT2D eigenvalue weighted by Gasteiger charge is -2.28. The van der Waals surface area contributed by atoms with E-state index in [9.17, 15) is 24.2 Å². The Morgan fingerprint density at radius 2 is 1.50 bits per heavy atom. The zero-order valence-corrected chi connectivity index (χ0v) is 23.4. The summed E-state index contributed by atoms with van der Waals surface area (Å²) in [6.45, 7) is 12.3. The standard InChI is InChI=1S/C25H40NO9P/c1-18-9-10-19(2)20(13-18)14-21(11-12-26(30)15-27)36(31,34-16-32-22(28)24(3,4)5)35-17-33-23(29)25(6,7)8/h9-10,13,15,21,30H,11-12,14,16-17H2,1-8H3. The van der Waals surface area contributed by atoms with Crippen molar-refractivity contribution in [1.82, 2.24) is 5.06 Å². The second-order valence-electron chi connectivity index (χ2n) is 10.7. The minimum Gasteiger partial charge on any atom is -0.438 e. The van der Waals surface area contributed by atoms with Crippen molar-refractivity contribution in [2.45, 2.75) is 73.9 Å². The maximum atomic E-state index is 14.1. The van der Waals surface area contributed by atoms with Crippen LogP contribution in [-0.4, -0.2) is 54.4 Å². The topological polar surface area (TPSA) is 129 Å². The first-order chi connectivity index (χ1) is 16.5. The number of nitrogens with zero attached hydrogens (tertiary/aromatic N) is 1. The maximum absolute atomic E-state index is 14.1. The lowest BCUT2D eigenvalue weighted by molar-refractivity contribution is -0.162. The molecule has 1 unspecified atom stereocenters. The van der Waals surface area contributed by atoms with Crippen LogP contribution >= 0.6 is 7.60 Å². The highest BCUT2D eigenvalue weighted by molar-refractivity contribution is 7.54. The molecule has 0 saturated carbocycles. The highest BCUT2D eigenvalue weighted by Gasteiger charge is 2.38. The number of ether oxygens (including phenoxy) is 2. The van der Waals surface area contributed by atoms with Crippen molar-refractivity contribution in [3.8, 4) is 0 Å². The molecule has 0 spiro atoms. The minimum atomic E-state index is -4.12. The summed E-state index contributed by atoms with van der Waals surface area (Å²) in [5.41, 5.74) is 0.300. The van der Waals surface area contributed by atoms with E-state index >= 15 is 0 Å². The summed E-state index contributed by atoms with van der Waals surface area (Å²) in [6.07, 6.45) is 0.468. The molecule has 36 heavy (non-hydrogen) atoms. The molecular formula is C25H40NO9P. The van der Waals surface area contributed by atoms with Gasteiger partial charge in [0.15, 0.2) is 0 Å². The predicted molar refractivity (Wildman–Crippen MR) is 133 cm³/mol. The SMILES string of the molecule is Cc1ccc(C)c(CC(CCN(O)C=O)P(=O)(OCOC(=O)C(C)(C)C)OCOC(=O)C(C)(C)C)c1. The normalized spacial score (nSPS) is 13.1.